The molecule has 1 atom stereocenters. The van der Waals surface area contributed by atoms with Gasteiger partial charge in [-0.2, -0.15) is 0 Å². The number of amides is 2. The van der Waals surface area contributed by atoms with E-state index in [-0.39, 0.29) is 23.4 Å². The average Bonchev–Trinajstić information content (AvgIpc) is 3.56. The van der Waals surface area contributed by atoms with Crippen molar-refractivity contribution in [2.75, 3.05) is 10.8 Å². The highest BCUT2D eigenvalue weighted by Crippen LogP contribution is 2.26. The van der Waals surface area contributed by atoms with Gasteiger partial charge in [0.05, 0.1) is 10.6 Å². The van der Waals surface area contributed by atoms with Crippen LogP contribution >= 0.6 is 0 Å². The number of aryl methyl sites for hydroxylation is 3. The maximum absolute atomic E-state index is 14.6. The van der Waals surface area contributed by atoms with Crippen molar-refractivity contribution in [2.45, 2.75) is 76.4 Å². The van der Waals surface area contributed by atoms with E-state index >= 15 is 0 Å². The zero-order chi connectivity index (χ0) is 32.7. The highest BCUT2D eigenvalue weighted by Gasteiger charge is 2.35. The van der Waals surface area contributed by atoms with E-state index in [1.165, 1.54) is 0 Å². The molecule has 1 aliphatic rings. The number of rotatable bonds is 12. The Bertz CT molecular complexity index is 1720. The van der Waals surface area contributed by atoms with Gasteiger partial charge in [-0.1, -0.05) is 108 Å². The first-order valence-corrected chi connectivity index (χ1v) is 17.4. The number of nitrogens with one attached hydrogen (secondary N) is 1. The van der Waals surface area contributed by atoms with E-state index in [1.54, 1.807) is 41.3 Å². The number of carbonyl (C=O) groups is 2. The van der Waals surface area contributed by atoms with Gasteiger partial charge in [0.2, 0.25) is 11.8 Å². The summed E-state index contributed by atoms with van der Waals surface area (Å²) >= 11 is 0. The number of hydrogen-bond donors (Lipinski definition) is 1. The van der Waals surface area contributed by atoms with Gasteiger partial charge in [0.1, 0.15) is 12.6 Å². The molecule has 1 N–H and O–H groups in total. The van der Waals surface area contributed by atoms with Crippen molar-refractivity contribution in [1.29, 1.82) is 0 Å². The zero-order valence-electron chi connectivity index (χ0n) is 26.9. The van der Waals surface area contributed by atoms with Crippen molar-refractivity contribution in [2.24, 2.45) is 0 Å². The van der Waals surface area contributed by atoms with E-state index in [4.69, 9.17) is 0 Å². The minimum absolute atomic E-state index is 0.0630. The van der Waals surface area contributed by atoms with Crippen LogP contribution in [-0.2, 0) is 32.6 Å². The van der Waals surface area contributed by atoms with E-state index in [1.807, 2.05) is 87.5 Å². The van der Waals surface area contributed by atoms with Crippen LogP contribution in [0.1, 0.15) is 53.5 Å². The predicted molar refractivity (Wildman–Crippen MR) is 183 cm³/mol. The lowest BCUT2D eigenvalue weighted by Crippen LogP contribution is -2.54. The summed E-state index contributed by atoms with van der Waals surface area (Å²) in [5.41, 5.74) is 5.13. The van der Waals surface area contributed by atoms with Crippen molar-refractivity contribution in [1.82, 2.24) is 10.2 Å². The fraction of sp³-hybridized carbons (Fsp3) is 0.316. The molecule has 2 amide bonds. The molecule has 0 saturated heterocycles. The van der Waals surface area contributed by atoms with Crippen molar-refractivity contribution < 1.29 is 18.0 Å². The molecule has 46 heavy (non-hydrogen) atoms. The van der Waals surface area contributed by atoms with Gasteiger partial charge >= 0.3 is 0 Å². The summed E-state index contributed by atoms with van der Waals surface area (Å²) in [7, 11) is -4.13. The number of nitrogens with zero attached hydrogens (tertiary/aromatic N) is 2. The molecule has 0 spiro atoms. The third-order valence-corrected chi connectivity index (χ3v) is 10.4. The molecule has 0 aromatic heterocycles. The molecule has 4 aromatic carbocycles. The molecule has 0 heterocycles. The monoisotopic (exact) mass is 637 g/mol. The first-order chi connectivity index (χ1) is 22.1. The van der Waals surface area contributed by atoms with Crippen LogP contribution in [0.15, 0.2) is 108 Å². The van der Waals surface area contributed by atoms with E-state index in [0.29, 0.717) is 12.1 Å². The molecule has 1 saturated carbocycles. The second-order valence-electron chi connectivity index (χ2n) is 12.4. The van der Waals surface area contributed by atoms with Crippen molar-refractivity contribution >= 4 is 27.5 Å². The lowest BCUT2D eigenvalue weighted by atomic mass is 10.0. The maximum atomic E-state index is 14.6. The molecular weight excluding hydrogens is 595 g/mol. The minimum atomic E-state index is -4.13. The Kier molecular flexibility index (Phi) is 10.6. The SMILES string of the molecule is Cc1ccc(CN(C(=O)CN(c2ccc(C)cc2)S(=O)(=O)c2ccc(C)cc2)C(Cc2ccccc2)C(=O)NC2CCCC2)cc1. The Labute approximate surface area is 273 Å². The Morgan fingerprint density at radius 2 is 1.28 bits per heavy atom. The van der Waals surface area contributed by atoms with Gasteiger partial charge in [-0.15, -0.1) is 0 Å². The van der Waals surface area contributed by atoms with Crippen LogP contribution < -0.4 is 9.62 Å². The Hall–Kier alpha value is -4.43. The largest absolute Gasteiger partial charge is 0.352 e. The fourth-order valence-electron chi connectivity index (χ4n) is 5.89. The Morgan fingerprint density at radius 3 is 1.87 bits per heavy atom. The van der Waals surface area contributed by atoms with Gasteiger partial charge in [0, 0.05) is 19.0 Å². The van der Waals surface area contributed by atoms with Gasteiger partial charge in [-0.25, -0.2) is 8.42 Å². The smallest absolute Gasteiger partial charge is 0.264 e. The summed E-state index contributed by atoms with van der Waals surface area (Å²) in [5, 5.41) is 3.22. The molecule has 1 fully saturated rings. The Balaban J connectivity index is 1.55. The van der Waals surface area contributed by atoms with Crippen molar-refractivity contribution in [3.8, 4) is 0 Å². The van der Waals surface area contributed by atoms with Crippen molar-refractivity contribution in [3.05, 3.63) is 131 Å². The quantitative estimate of drug-likeness (QED) is 0.192. The maximum Gasteiger partial charge on any atom is 0.264 e. The molecule has 1 aliphatic carbocycles. The third-order valence-electron chi connectivity index (χ3n) is 8.66. The number of anilines is 1. The van der Waals surface area contributed by atoms with E-state index < -0.39 is 28.5 Å². The highest BCUT2D eigenvalue weighted by molar-refractivity contribution is 7.92. The summed E-state index contributed by atoms with van der Waals surface area (Å²) in [5.74, 6) is -0.682. The van der Waals surface area contributed by atoms with Crippen LogP contribution in [0, 0.1) is 20.8 Å². The molecule has 8 heteroatoms. The highest BCUT2D eigenvalue weighted by atomic mass is 32.2. The molecule has 4 aromatic rings. The average molecular weight is 638 g/mol. The number of hydrogen-bond acceptors (Lipinski definition) is 4. The van der Waals surface area contributed by atoms with E-state index in [0.717, 1.165) is 57.8 Å². The van der Waals surface area contributed by atoms with Crippen LogP contribution in [0.4, 0.5) is 5.69 Å². The lowest BCUT2D eigenvalue weighted by molar-refractivity contribution is -0.140. The van der Waals surface area contributed by atoms with Crippen LogP contribution in [-0.4, -0.2) is 43.8 Å². The van der Waals surface area contributed by atoms with Crippen LogP contribution in [0.25, 0.3) is 0 Å². The second-order valence-corrected chi connectivity index (χ2v) is 14.2. The molecule has 7 nitrogen and oxygen atoms in total. The number of benzene rings is 4. The molecule has 1 unspecified atom stereocenters. The van der Waals surface area contributed by atoms with Crippen molar-refractivity contribution in [3.63, 3.8) is 0 Å². The van der Waals surface area contributed by atoms with E-state index in [2.05, 4.69) is 5.32 Å². The first-order valence-electron chi connectivity index (χ1n) is 16.0. The summed E-state index contributed by atoms with van der Waals surface area (Å²) < 4.78 is 29.5. The molecule has 0 bridgehead atoms. The number of sulfonamides is 1. The van der Waals surface area contributed by atoms with Gasteiger partial charge in [0.15, 0.2) is 0 Å². The summed E-state index contributed by atoms with van der Waals surface area (Å²) in [6.07, 6.45) is 4.23. The topological polar surface area (TPSA) is 86.8 Å². The van der Waals surface area contributed by atoms with Crippen LogP contribution in [0.5, 0.6) is 0 Å². The second kappa shape index (κ2) is 14.8. The molecule has 240 valence electrons. The predicted octanol–water partition coefficient (Wildman–Crippen LogP) is 6.51. The first kappa shape index (κ1) is 32.9. The third kappa shape index (κ3) is 8.23. The minimum Gasteiger partial charge on any atom is -0.352 e. The molecule has 0 aliphatic heterocycles. The van der Waals surface area contributed by atoms with E-state index in [9.17, 15) is 18.0 Å². The Morgan fingerprint density at radius 1 is 0.739 bits per heavy atom. The van der Waals surface area contributed by atoms with Crippen LogP contribution in [0.2, 0.25) is 0 Å². The number of carbonyl (C=O) groups excluding carboxylic acids is 2. The molecule has 0 radical (unpaired) electrons. The summed E-state index contributed by atoms with van der Waals surface area (Å²) in [6.45, 7) is 5.50. The summed E-state index contributed by atoms with van der Waals surface area (Å²) in [4.78, 5) is 30.4. The van der Waals surface area contributed by atoms with Crippen LogP contribution in [0.3, 0.4) is 0 Å². The van der Waals surface area contributed by atoms with Gasteiger partial charge < -0.3 is 10.2 Å². The normalized spacial score (nSPS) is 14.1. The molecular formula is C38H43N3O4S. The lowest BCUT2D eigenvalue weighted by Gasteiger charge is -2.34. The van der Waals surface area contributed by atoms with Gasteiger partial charge in [-0.3, -0.25) is 13.9 Å². The van der Waals surface area contributed by atoms with Gasteiger partial charge in [0.25, 0.3) is 10.0 Å². The zero-order valence-corrected chi connectivity index (χ0v) is 27.7. The van der Waals surface area contributed by atoms with Gasteiger partial charge in [-0.05, 0) is 69.0 Å². The summed E-state index contributed by atoms with van der Waals surface area (Å²) in [6, 6.07) is 30.4. The fourth-order valence-corrected chi connectivity index (χ4v) is 7.30. The molecule has 5 rings (SSSR count). The standard InChI is InChI=1S/C38H43N3O4S/c1-28-13-19-32(20-14-28)26-40(36(25-31-9-5-4-6-10-31)38(43)39-33-11-7-8-12-33)37(42)27-41(34-21-15-29(2)16-22-34)46(44,45)35-23-17-30(3)18-24-35/h4-6,9-10,13-24,33,36H,7-8,11-12,25-27H2,1-3H3,(H,39,43).